The topological polar surface area (TPSA) is 76.4 Å². The normalized spacial score (nSPS) is 22.8. The van der Waals surface area contributed by atoms with Crippen molar-refractivity contribution in [3.63, 3.8) is 0 Å². The summed E-state index contributed by atoms with van der Waals surface area (Å²) in [6, 6.07) is 5.13. The van der Waals surface area contributed by atoms with Gasteiger partial charge in [0.05, 0.1) is 0 Å². The van der Waals surface area contributed by atoms with E-state index in [2.05, 4.69) is 15.8 Å². The number of halogens is 2. The van der Waals surface area contributed by atoms with Crippen molar-refractivity contribution in [2.75, 3.05) is 18.5 Å². The summed E-state index contributed by atoms with van der Waals surface area (Å²) < 4.78 is 37.7. The quantitative estimate of drug-likeness (QED) is 0.871. The highest BCUT2D eigenvalue weighted by Crippen LogP contribution is 2.42. The van der Waals surface area contributed by atoms with Gasteiger partial charge in [0.15, 0.2) is 17.5 Å². The third kappa shape index (κ3) is 3.55. The molecule has 1 saturated carbocycles. The molecule has 1 aromatic carbocycles. The van der Waals surface area contributed by atoms with Crippen LogP contribution in [0.4, 0.5) is 19.4 Å². The molecule has 2 fully saturated rings. The molecule has 2 amide bonds. The van der Waals surface area contributed by atoms with Crippen molar-refractivity contribution >= 4 is 11.8 Å². The summed E-state index contributed by atoms with van der Waals surface area (Å²) in [6.45, 7) is 1.38. The van der Waals surface area contributed by atoms with E-state index in [9.17, 15) is 13.6 Å². The number of hydrogen-bond donors (Lipinski definition) is 2. The summed E-state index contributed by atoms with van der Waals surface area (Å²) in [6.07, 6.45) is 2.30. The Morgan fingerprint density at radius 2 is 2.04 bits per heavy atom. The van der Waals surface area contributed by atoms with Crippen LogP contribution in [0.1, 0.15) is 42.4 Å². The van der Waals surface area contributed by atoms with E-state index in [-0.39, 0.29) is 17.9 Å². The average Bonchev–Trinajstić information content (AvgIpc) is 3.23. The van der Waals surface area contributed by atoms with Crippen molar-refractivity contribution in [2.24, 2.45) is 0 Å². The van der Waals surface area contributed by atoms with E-state index in [0.29, 0.717) is 31.0 Å². The van der Waals surface area contributed by atoms with Gasteiger partial charge in [0, 0.05) is 37.2 Å². The SMILES string of the molecule is O=C(Nc1cc(C2CCOCC2)on1)N[C@@H]1C[C@H]1c1cccc(F)c1F. The number of carbonyl (C=O) groups excluding carboxylic acids is 1. The van der Waals surface area contributed by atoms with Gasteiger partial charge in [-0.25, -0.2) is 13.6 Å². The zero-order valence-corrected chi connectivity index (χ0v) is 14.0. The summed E-state index contributed by atoms with van der Waals surface area (Å²) in [5.41, 5.74) is 0.290. The molecule has 1 aliphatic heterocycles. The monoisotopic (exact) mass is 363 g/mol. The molecule has 1 aromatic heterocycles. The van der Waals surface area contributed by atoms with Gasteiger partial charge >= 0.3 is 6.03 Å². The Morgan fingerprint density at radius 3 is 2.85 bits per heavy atom. The number of anilines is 1. The van der Waals surface area contributed by atoms with E-state index in [1.807, 2.05) is 0 Å². The van der Waals surface area contributed by atoms with E-state index < -0.39 is 17.7 Å². The standard InChI is InChI=1S/C18H19F2N3O3/c19-13-3-1-2-11(17(13)20)12-8-14(12)21-18(24)22-16-9-15(26-23-16)10-4-6-25-7-5-10/h1-3,9-10,12,14H,4-8H2,(H2,21,22,23,24)/t12-,14+/m0/s1. The third-order valence-electron chi connectivity index (χ3n) is 4.88. The zero-order chi connectivity index (χ0) is 18.1. The fourth-order valence-electron chi connectivity index (χ4n) is 3.35. The van der Waals surface area contributed by atoms with Gasteiger partial charge in [-0.3, -0.25) is 5.32 Å². The van der Waals surface area contributed by atoms with Gasteiger partial charge in [-0.2, -0.15) is 0 Å². The lowest BCUT2D eigenvalue weighted by Crippen LogP contribution is -2.31. The number of aromatic nitrogens is 1. The molecule has 2 aliphatic rings. The number of rotatable bonds is 4. The second kappa shape index (κ2) is 7.03. The van der Waals surface area contributed by atoms with E-state index in [0.717, 1.165) is 24.7 Å². The van der Waals surface area contributed by atoms with Gasteiger partial charge in [-0.1, -0.05) is 17.3 Å². The fourth-order valence-corrected chi connectivity index (χ4v) is 3.35. The van der Waals surface area contributed by atoms with Gasteiger partial charge in [0.2, 0.25) is 0 Å². The van der Waals surface area contributed by atoms with Crippen LogP contribution in [0.5, 0.6) is 0 Å². The highest BCUT2D eigenvalue weighted by Gasteiger charge is 2.41. The second-order valence-corrected chi connectivity index (χ2v) is 6.69. The summed E-state index contributed by atoms with van der Waals surface area (Å²) in [4.78, 5) is 12.1. The van der Waals surface area contributed by atoms with Crippen LogP contribution in [0.2, 0.25) is 0 Å². The maximum atomic E-state index is 13.8. The summed E-state index contributed by atoms with van der Waals surface area (Å²) in [5.74, 6) is -0.626. The predicted octanol–water partition coefficient (Wildman–Crippen LogP) is 3.52. The zero-order valence-electron chi connectivity index (χ0n) is 14.0. The largest absolute Gasteiger partial charge is 0.381 e. The highest BCUT2D eigenvalue weighted by molar-refractivity contribution is 5.88. The minimum atomic E-state index is -0.874. The Labute approximate surface area is 148 Å². The number of benzene rings is 1. The van der Waals surface area contributed by atoms with Gasteiger partial charge in [-0.05, 0) is 30.9 Å². The molecule has 1 aliphatic carbocycles. The van der Waals surface area contributed by atoms with Crippen molar-refractivity contribution in [2.45, 2.75) is 37.1 Å². The smallest absolute Gasteiger partial charge is 0.320 e. The van der Waals surface area contributed by atoms with Crippen molar-refractivity contribution in [3.05, 3.63) is 47.2 Å². The number of nitrogens with one attached hydrogen (secondary N) is 2. The van der Waals surface area contributed by atoms with Crippen LogP contribution in [0.3, 0.4) is 0 Å². The second-order valence-electron chi connectivity index (χ2n) is 6.69. The molecule has 1 saturated heterocycles. The van der Waals surface area contributed by atoms with Crippen LogP contribution >= 0.6 is 0 Å². The van der Waals surface area contributed by atoms with Gasteiger partial charge in [0.1, 0.15) is 5.76 Å². The molecule has 0 radical (unpaired) electrons. The predicted molar refractivity (Wildman–Crippen MR) is 89.0 cm³/mol. The number of urea groups is 1. The molecule has 8 heteroatoms. The van der Waals surface area contributed by atoms with Crippen LogP contribution in [-0.2, 0) is 4.74 Å². The fraction of sp³-hybridized carbons (Fsp3) is 0.444. The van der Waals surface area contributed by atoms with E-state index >= 15 is 0 Å². The Hall–Kier alpha value is -2.48. The molecule has 2 heterocycles. The molecule has 2 N–H and O–H groups in total. The molecule has 138 valence electrons. The molecule has 2 aromatic rings. The Kier molecular flexibility index (Phi) is 4.58. The lowest BCUT2D eigenvalue weighted by molar-refractivity contribution is 0.0791. The molecule has 0 spiro atoms. The van der Waals surface area contributed by atoms with Crippen molar-refractivity contribution in [1.29, 1.82) is 0 Å². The number of hydrogen-bond acceptors (Lipinski definition) is 4. The highest BCUT2D eigenvalue weighted by atomic mass is 19.2. The Bertz CT molecular complexity index is 805. The minimum absolute atomic E-state index is 0.216. The molecule has 0 unspecified atom stereocenters. The van der Waals surface area contributed by atoms with Crippen molar-refractivity contribution in [3.8, 4) is 0 Å². The number of ether oxygens (including phenoxy) is 1. The molecular formula is C18H19F2N3O3. The molecular weight excluding hydrogens is 344 g/mol. The van der Waals surface area contributed by atoms with E-state index in [1.165, 1.54) is 6.07 Å². The van der Waals surface area contributed by atoms with Crippen molar-refractivity contribution < 1.29 is 22.8 Å². The lowest BCUT2D eigenvalue weighted by Gasteiger charge is -2.18. The maximum absolute atomic E-state index is 13.8. The maximum Gasteiger partial charge on any atom is 0.320 e. The molecule has 26 heavy (non-hydrogen) atoms. The van der Waals surface area contributed by atoms with Crippen LogP contribution in [0.15, 0.2) is 28.8 Å². The molecule has 4 rings (SSSR count). The molecule has 6 nitrogen and oxygen atoms in total. The van der Waals surface area contributed by atoms with Crippen LogP contribution < -0.4 is 10.6 Å². The third-order valence-corrected chi connectivity index (χ3v) is 4.88. The van der Waals surface area contributed by atoms with E-state index in [4.69, 9.17) is 9.26 Å². The van der Waals surface area contributed by atoms with Gasteiger partial charge in [-0.15, -0.1) is 0 Å². The first-order valence-corrected chi connectivity index (χ1v) is 8.67. The summed E-state index contributed by atoms with van der Waals surface area (Å²) in [7, 11) is 0. The van der Waals surface area contributed by atoms with Crippen LogP contribution in [-0.4, -0.2) is 30.4 Å². The minimum Gasteiger partial charge on any atom is -0.381 e. The Morgan fingerprint density at radius 1 is 1.23 bits per heavy atom. The first kappa shape index (κ1) is 17.0. The summed E-state index contributed by atoms with van der Waals surface area (Å²) >= 11 is 0. The van der Waals surface area contributed by atoms with E-state index in [1.54, 1.807) is 12.1 Å². The average molecular weight is 363 g/mol. The van der Waals surface area contributed by atoms with Crippen LogP contribution in [0.25, 0.3) is 0 Å². The van der Waals surface area contributed by atoms with Crippen LogP contribution in [0, 0.1) is 11.6 Å². The van der Waals surface area contributed by atoms with Gasteiger partial charge < -0.3 is 14.6 Å². The lowest BCUT2D eigenvalue weighted by atomic mass is 9.98. The number of amides is 2. The number of carbonyl (C=O) groups is 1. The summed E-state index contributed by atoms with van der Waals surface area (Å²) in [5, 5.41) is 9.23. The molecule has 0 bridgehead atoms. The first-order valence-electron chi connectivity index (χ1n) is 8.67. The number of nitrogens with zero attached hydrogens (tertiary/aromatic N) is 1. The molecule has 2 atom stereocenters. The first-order chi connectivity index (χ1) is 12.6. The van der Waals surface area contributed by atoms with Crippen molar-refractivity contribution in [1.82, 2.24) is 10.5 Å². The Balaban J connectivity index is 1.31. The van der Waals surface area contributed by atoms with Gasteiger partial charge in [0.25, 0.3) is 0 Å².